The Hall–Kier alpha value is -1.12. The van der Waals surface area contributed by atoms with Gasteiger partial charge in [0, 0.05) is 10.3 Å². The van der Waals surface area contributed by atoms with Gasteiger partial charge in [0.2, 0.25) is 5.89 Å². The van der Waals surface area contributed by atoms with Gasteiger partial charge in [-0.25, -0.2) is 9.97 Å². The molecule has 0 fully saturated rings. The number of fused-ring (bicyclic) bond motifs is 3. The average molecular weight is 350 g/mol. The number of nitrogens with zero attached hydrogens (tertiary/aromatic N) is 4. The Kier molecular flexibility index (Phi) is 3.83. The number of aromatic nitrogens is 4. The molecular formula is C14H14N4OS3. The highest BCUT2D eigenvalue weighted by atomic mass is 32.2. The van der Waals surface area contributed by atoms with Gasteiger partial charge in [0.05, 0.1) is 5.75 Å². The Morgan fingerprint density at radius 1 is 1.23 bits per heavy atom. The topological polar surface area (TPSA) is 64.7 Å². The van der Waals surface area contributed by atoms with Crippen molar-refractivity contribution < 1.29 is 4.42 Å². The van der Waals surface area contributed by atoms with Crippen molar-refractivity contribution in [2.24, 2.45) is 0 Å². The number of hydrogen-bond donors (Lipinski definition) is 0. The third-order valence-electron chi connectivity index (χ3n) is 3.54. The maximum absolute atomic E-state index is 5.68. The lowest BCUT2D eigenvalue weighted by Gasteiger charge is -2.02. The highest BCUT2D eigenvalue weighted by Gasteiger charge is 2.23. The van der Waals surface area contributed by atoms with Gasteiger partial charge in [-0.15, -0.1) is 21.5 Å². The molecule has 3 aromatic rings. The molecule has 3 heterocycles. The maximum Gasteiger partial charge on any atom is 0.282 e. The predicted octanol–water partition coefficient (Wildman–Crippen LogP) is 3.89. The van der Waals surface area contributed by atoms with E-state index in [0.717, 1.165) is 34.3 Å². The number of rotatable bonds is 4. The minimum absolute atomic E-state index is 0.557. The summed E-state index contributed by atoms with van der Waals surface area (Å²) in [5.41, 5.74) is 1.42. The van der Waals surface area contributed by atoms with E-state index in [9.17, 15) is 0 Å². The first-order valence-corrected chi connectivity index (χ1v) is 10.1. The molecule has 0 saturated heterocycles. The van der Waals surface area contributed by atoms with Crippen LogP contribution in [0.1, 0.15) is 28.6 Å². The fourth-order valence-corrected chi connectivity index (χ4v) is 5.30. The van der Waals surface area contributed by atoms with Gasteiger partial charge in [-0.2, -0.15) is 11.8 Å². The summed E-state index contributed by atoms with van der Waals surface area (Å²) in [6, 6.07) is 0. The quantitative estimate of drug-likeness (QED) is 0.661. The summed E-state index contributed by atoms with van der Waals surface area (Å²) in [6.07, 6.45) is 5.53. The highest BCUT2D eigenvalue weighted by Crippen LogP contribution is 2.41. The van der Waals surface area contributed by atoms with Crippen molar-refractivity contribution in [3.05, 3.63) is 22.2 Å². The molecule has 0 unspecified atom stereocenters. The minimum atomic E-state index is 0.557. The van der Waals surface area contributed by atoms with Crippen LogP contribution >= 0.6 is 34.9 Å². The second-order valence-electron chi connectivity index (χ2n) is 5.11. The highest BCUT2D eigenvalue weighted by molar-refractivity contribution is 7.99. The van der Waals surface area contributed by atoms with Crippen LogP contribution < -0.4 is 0 Å². The van der Waals surface area contributed by atoms with E-state index in [1.807, 2.05) is 13.2 Å². The van der Waals surface area contributed by atoms with E-state index in [4.69, 9.17) is 4.42 Å². The lowest BCUT2D eigenvalue weighted by atomic mass is 10.2. The van der Waals surface area contributed by atoms with Crippen molar-refractivity contribution in [2.45, 2.75) is 42.2 Å². The van der Waals surface area contributed by atoms with Gasteiger partial charge in [-0.1, -0.05) is 0 Å². The van der Waals surface area contributed by atoms with Crippen molar-refractivity contribution in [3.63, 3.8) is 0 Å². The van der Waals surface area contributed by atoms with Crippen LogP contribution in [0.3, 0.4) is 0 Å². The first kappa shape index (κ1) is 14.5. The molecule has 5 nitrogen and oxygen atoms in total. The van der Waals surface area contributed by atoms with Crippen molar-refractivity contribution in [2.75, 3.05) is 6.26 Å². The second kappa shape index (κ2) is 5.82. The fraction of sp³-hybridized carbons (Fsp3) is 0.429. The molecule has 8 heteroatoms. The van der Waals surface area contributed by atoms with Crippen LogP contribution in [0.4, 0.5) is 0 Å². The Bertz CT molecular complexity index is 842. The minimum Gasteiger partial charge on any atom is -0.415 e. The molecule has 1 aliphatic carbocycles. The Balaban J connectivity index is 1.76. The first-order chi connectivity index (χ1) is 10.7. The molecule has 0 aliphatic heterocycles. The van der Waals surface area contributed by atoms with Crippen LogP contribution in [-0.2, 0) is 18.6 Å². The van der Waals surface area contributed by atoms with Crippen LogP contribution in [0.5, 0.6) is 0 Å². The number of thiophene rings is 1. The zero-order valence-electron chi connectivity index (χ0n) is 12.3. The zero-order valence-corrected chi connectivity index (χ0v) is 14.7. The third kappa shape index (κ3) is 2.53. The van der Waals surface area contributed by atoms with Gasteiger partial charge < -0.3 is 4.42 Å². The fourth-order valence-electron chi connectivity index (χ4n) is 2.68. The monoisotopic (exact) mass is 350 g/mol. The molecule has 4 rings (SSSR count). The molecule has 1 aliphatic rings. The van der Waals surface area contributed by atoms with E-state index < -0.39 is 0 Å². The molecular weight excluding hydrogens is 336 g/mol. The second-order valence-corrected chi connectivity index (χ2v) is 8.00. The molecule has 0 saturated carbocycles. The van der Waals surface area contributed by atoms with Crippen molar-refractivity contribution in [3.8, 4) is 0 Å². The summed E-state index contributed by atoms with van der Waals surface area (Å²) < 4.78 is 5.68. The largest absolute Gasteiger partial charge is 0.415 e. The number of aryl methyl sites for hydroxylation is 3. The van der Waals surface area contributed by atoms with Gasteiger partial charge in [0.1, 0.15) is 15.7 Å². The van der Waals surface area contributed by atoms with E-state index >= 15 is 0 Å². The lowest BCUT2D eigenvalue weighted by molar-refractivity contribution is 0.426. The Morgan fingerprint density at radius 3 is 3.00 bits per heavy atom. The summed E-state index contributed by atoms with van der Waals surface area (Å²) >= 11 is 4.93. The lowest BCUT2D eigenvalue weighted by Crippen LogP contribution is -1.92. The van der Waals surface area contributed by atoms with Gasteiger partial charge in [0.15, 0.2) is 0 Å². The molecule has 22 heavy (non-hydrogen) atoms. The summed E-state index contributed by atoms with van der Waals surface area (Å²) in [5.74, 6) is 2.19. The molecule has 0 radical (unpaired) electrons. The van der Waals surface area contributed by atoms with E-state index in [-0.39, 0.29) is 0 Å². The summed E-state index contributed by atoms with van der Waals surface area (Å²) in [4.78, 5) is 11.8. The molecule has 3 aromatic heterocycles. The van der Waals surface area contributed by atoms with E-state index in [2.05, 4.69) is 20.2 Å². The molecule has 0 aromatic carbocycles. The van der Waals surface area contributed by atoms with Crippen molar-refractivity contribution in [1.29, 1.82) is 0 Å². The number of thioether (sulfide) groups is 1. The molecule has 0 spiro atoms. The van der Waals surface area contributed by atoms with Crippen molar-refractivity contribution in [1.82, 2.24) is 20.2 Å². The van der Waals surface area contributed by atoms with Crippen LogP contribution in [0.15, 0.2) is 14.7 Å². The van der Waals surface area contributed by atoms with Gasteiger partial charge in [-0.3, -0.25) is 0 Å². The molecule has 0 bridgehead atoms. The van der Waals surface area contributed by atoms with Gasteiger partial charge >= 0.3 is 0 Å². The van der Waals surface area contributed by atoms with Gasteiger partial charge in [0.25, 0.3) is 5.22 Å². The molecule has 0 atom stereocenters. The third-order valence-corrected chi connectivity index (χ3v) is 6.09. The summed E-state index contributed by atoms with van der Waals surface area (Å²) in [5, 5.41) is 10.9. The summed E-state index contributed by atoms with van der Waals surface area (Å²) in [6.45, 7) is 1.93. The molecule has 114 valence electrons. The van der Waals surface area contributed by atoms with Crippen LogP contribution in [0.25, 0.3) is 10.2 Å². The average Bonchev–Trinajstić information content (AvgIpc) is 3.14. The number of hydrogen-bond acceptors (Lipinski definition) is 8. The molecule has 0 amide bonds. The first-order valence-electron chi connectivity index (χ1n) is 7.02. The van der Waals surface area contributed by atoms with Crippen molar-refractivity contribution >= 4 is 45.1 Å². The normalized spacial score (nSPS) is 13.9. The van der Waals surface area contributed by atoms with E-state index in [0.29, 0.717) is 11.1 Å². The predicted molar refractivity (Wildman–Crippen MR) is 89.8 cm³/mol. The van der Waals surface area contributed by atoms with E-state index in [1.165, 1.54) is 34.0 Å². The molecule has 0 N–H and O–H groups in total. The van der Waals surface area contributed by atoms with Crippen LogP contribution in [0.2, 0.25) is 0 Å². The Morgan fingerprint density at radius 2 is 2.14 bits per heavy atom. The SMILES string of the molecule is CSCc1nnc(Sc2nc(C)nc3sc4c(c23)CCC4)o1. The maximum atomic E-state index is 5.68. The van der Waals surface area contributed by atoms with Crippen LogP contribution in [0, 0.1) is 6.92 Å². The van der Waals surface area contributed by atoms with E-state index in [1.54, 1.807) is 23.1 Å². The van der Waals surface area contributed by atoms with Gasteiger partial charge in [-0.05, 0) is 49.8 Å². The standard InChI is InChI=1S/C14H14N4OS3/c1-7-15-12-11(8-4-3-5-9(8)21-12)13(16-7)22-14-18-17-10(19-14)6-20-2/h3-6H2,1-2H3. The van der Waals surface area contributed by atoms with Crippen LogP contribution in [-0.4, -0.2) is 26.4 Å². The summed E-state index contributed by atoms with van der Waals surface area (Å²) in [7, 11) is 0. The smallest absolute Gasteiger partial charge is 0.282 e. The zero-order chi connectivity index (χ0) is 15.1. The Labute approximate surface area is 140 Å².